The molecule has 1 atom stereocenters. The SMILES string of the molecule is CCNC(C)CCc1cncn1C1CC1. The molecule has 1 aliphatic carbocycles. The highest BCUT2D eigenvalue weighted by Crippen LogP contribution is 2.35. The quantitative estimate of drug-likeness (QED) is 0.774. The van der Waals surface area contributed by atoms with Crippen LogP contribution in [-0.2, 0) is 6.42 Å². The predicted octanol–water partition coefficient (Wildman–Crippen LogP) is 2.15. The third kappa shape index (κ3) is 2.81. The second-order valence-corrected chi connectivity index (χ2v) is 4.52. The van der Waals surface area contributed by atoms with Crippen molar-refractivity contribution in [3.05, 3.63) is 18.2 Å². The fourth-order valence-electron chi connectivity index (χ4n) is 2.02. The van der Waals surface area contributed by atoms with E-state index in [1.165, 1.54) is 25.0 Å². The summed E-state index contributed by atoms with van der Waals surface area (Å²) in [6.45, 7) is 5.47. The van der Waals surface area contributed by atoms with Crippen molar-refractivity contribution in [1.82, 2.24) is 14.9 Å². The molecule has 0 amide bonds. The molecule has 84 valence electrons. The summed E-state index contributed by atoms with van der Waals surface area (Å²) >= 11 is 0. The lowest BCUT2D eigenvalue weighted by atomic mass is 10.1. The van der Waals surface area contributed by atoms with Crippen molar-refractivity contribution in [2.75, 3.05) is 6.54 Å². The number of nitrogens with zero attached hydrogens (tertiary/aromatic N) is 2. The molecule has 1 saturated carbocycles. The molecule has 1 N–H and O–H groups in total. The molecule has 1 aromatic rings. The van der Waals surface area contributed by atoms with E-state index < -0.39 is 0 Å². The van der Waals surface area contributed by atoms with Crippen molar-refractivity contribution in [3.8, 4) is 0 Å². The molecule has 0 saturated heterocycles. The Labute approximate surface area is 91.9 Å². The largest absolute Gasteiger partial charge is 0.332 e. The van der Waals surface area contributed by atoms with Crippen LogP contribution < -0.4 is 5.32 Å². The monoisotopic (exact) mass is 207 g/mol. The molecule has 3 heteroatoms. The first kappa shape index (κ1) is 10.7. The van der Waals surface area contributed by atoms with E-state index >= 15 is 0 Å². The first-order valence-electron chi connectivity index (χ1n) is 6.05. The molecule has 0 aromatic carbocycles. The maximum atomic E-state index is 4.25. The van der Waals surface area contributed by atoms with Gasteiger partial charge in [-0.25, -0.2) is 4.98 Å². The summed E-state index contributed by atoms with van der Waals surface area (Å²) in [7, 11) is 0. The van der Waals surface area contributed by atoms with Crippen molar-refractivity contribution in [2.45, 2.75) is 51.6 Å². The molecule has 0 bridgehead atoms. The first-order chi connectivity index (χ1) is 7.31. The number of hydrogen-bond acceptors (Lipinski definition) is 2. The van der Waals surface area contributed by atoms with Crippen LogP contribution >= 0.6 is 0 Å². The zero-order valence-corrected chi connectivity index (χ0v) is 9.74. The van der Waals surface area contributed by atoms with E-state index in [1.54, 1.807) is 0 Å². The molecule has 2 rings (SSSR count). The lowest BCUT2D eigenvalue weighted by Crippen LogP contribution is -2.26. The normalized spacial score (nSPS) is 18.0. The minimum Gasteiger partial charge on any atom is -0.332 e. The molecule has 1 unspecified atom stereocenters. The third-order valence-electron chi connectivity index (χ3n) is 3.07. The Hall–Kier alpha value is -0.830. The molecule has 1 aromatic heterocycles. The first-order valence-corrected chi connectivity index (χ1v) is 6.05. The van der Waals surface area contributed by atoms with Gasteiger partial charge in [0, 0.05) is 24.0 Å². The highest BCUT2D eigenvalue weighted by molar-refractivity contribution is 5.03. The molecular formula is C12H21N3. The Balaban J connectivity index is 1.84. The predicted molar refractivity (Wildman–Crippen MR) is 62.0 cm³/mol. The third-order valence-corrected chi connectivity index (χ3v) is 3.07. The van der Waals surface area contributed by atoms with Crippen LogP contribution in [0, 0.1) is 0 Å². The minimum atomic E-state index is 0.609. The average Bonchev–Trinajstić information content (AvgIpc) is 2.96. The van der Waals surface area contributed by atoms with Crippen LogP contribution in [0.15, 0.2) is 12.5 Å². The molecule has 1 heterocycles. The van der Waals surface area contributed by atoms with Crippen LogP contribution in [-0.4, -0.2) is 22.1 Å². The number of aromatic nitrogens is 2. The van der Waals surface area contributed by atoms with Crippen molar-refractivity contribution < 1.29 is 0 Å². The van der Waals surface area contributed by atoms with Gasteiger partial charge in [-0.3, -0.25) is 0 Å². The van der Waals surface area contributed by atoms with Gasteiger partial charge in [-0.15, -0.1) is 0 Å². The number of nitrogens with one attached hydrogen (secondary N) is 1. The van der Waals surface area contributed by atoms with E-state index in [9.17, 15) is 0 Å². The standard InChI is InChI=1S/C12H21N3/c1-3-14-10(2)4-5-12-8-13-9-15(12)11-6-7-11/h8-11,14H,3-7H2,1-2H3. The summed E-state index contributed by atoms with van der Waals surface area (Å²) in [6, 6.07) is 1.37. The van der Waals surface area contributed by atoms with Gasteiger partial charge in [0.25, 0.3) is 0 Å². The molecule has 0 radical (unpaired) electrons. The van der Waals surface area contributed by atoms with Crippen LogP contribution in [0.2, 0.25) is 0 Å². The Morgan fingerprint density at radius 2 is 2.40 bits per heavy atom. The second kappa shape index (κ2) is 4.79. The van der Waals surface area contributed by atoms with Gasteiger partial charge in [-0.2, -0.15) is 0 Å². The van der Waals surface area contributed by atoms with Crippen LogP contribution in [0.25, 0.3) is 0 Å². The van der Waals surface area contributed by atoms with Gasteiger partial charge >= 0.3 is 0 Å². The van der Waals surface area contributed by atoms with Crippen LogP contribution in [0.3, 0.4) is 0 Å². The summed E-state index contributed by atoms with van der Waals surface area (Å²) < 4.78 is 2.36. The Kier molecular flexibility index (Phi) is 3.41. The van der Waals surface area contributed by atoms with E-state index in [2.05, 4.69) is 28.7 Å². The molecule has 15 heavy (non-hydrogen) atoms. The second-order valence-electron chi connectivity index (χ2n) is 4.52. The molecule has 1 fully saturated rings. The Morgan fingerprint density at radius 3 is 3.07 bits per heavy atom. The zero-order chi connectivity index (χ0) is 10.7. The summed E-state index contributed by atoms with van der Waals surface area (Å²) in [6.07, 6.45) is 9.04. The molecular weight excluding hydrogens is 186 g/mol. The fourth-order valence-corrected chi connectivity index (χ4v) is 2.02. The zero-order valence-electron chi connectivity index (χ0n) is 9.74. The average molecular weight is 207 g/mol. The van der Waals surface area contributed by atoms with Gasteiger partial charge < -0.3 is 9.88 Å². The lowest BCUT2D eigenvalue weighted by molar-refractivity contribution is 0.520. The van der Waals surface area contributed by atoms with E-state index in [0.29, 0.717) is 6.04 Å². The highest BCUT2D eigenvalue weighted by atomic mass is 15.1. The number of rotatable bonds is 6. The molecule has 3 nitrogen and oxygen atoms in total. The van der Waals surface area contributed by atoms with E-state index in [1.807, 2.05) is 12.5 Å². The lowest BCUT2D eigenvalue weighted by Gasteiger charge is -2.12. The molecule has 1 aliphatic rings. The Morgan fingerprint density at radius 1 is 1.60 bits per heavy atom. The smallest absolute Gasteiger partial charge is 0.0950 e. The van der Waals surface area contributed by atoms with E-state index in [-0.39, 0.29) is 0 Å². The Bertz CT molecular complexity index is 302. The van der Waals surface area contributed by atoms with Crippen molar-refractivity contribution in [2.24, 2.45) is 0 Å². The van der Waals surface area contributed by atoms with Gasteiger partial charge in [-0.1, -0.05) is 6.92 Å². The van der Waals surface area contributed by atoms with E-state index in [0.717, 1.165) is 19.0 Å². The number of imidazole rings is 1. The summed E-state index contributed by atoms with van der Waals surface area (Å²) in [5.41, 5.74) is 1.40. The van der Waals surface area contributed by atoms with Gasteiger partial charge in [-0.05, 0) is 39.2 Å². The number of hydrogen-bond donors (Lipinski definition) is 1. The topological polar surface area (TPSA) is 29.9 Å². The van der Waals surface area contributed by atoms with Gasteiger partial charge in [0.1, 0.15) is 0 Å². The summed E-state index contributed by atoms with van der Waals surface area (Å²) in [5.74, 6) is 0. The summed E-state index contributed by atoms with van der Waals surface area (Å²) in [5, 5.41) is 3.44. The van der Waals surface area contributed by atoms with Crippen molar-refractivity contribution in [3.63, 3.8) is 0 Å². The maximum Gasteiger partial charge on any atom is 0.0950 e. The van der Waals surface area contributed by atoms with Gasteiger partial charge in [0.2, 0.25) is 0 Å². The molecule has 0 spiro atoms. The van der Waals surface area contributed by atoms with Gasteiger partial charge in [0.05, 0.1) is 6.33 Å². The fraction of sp³-hybridized carbons (Fsp3) is 0.750. The van der Waals surface area contributed by atoms with Crippen molar-refractivity contribution >= 4 is 0 Å². The highest BCUT2D eigenvalue weighted by Gasteiger charge is 2.24. The number of aryl methyl sites for hydroxylation is 1. The minimum absolute atomic E-state index is 0.609. The molecule has 0 aliphatic heterocycles. The maximum absolute atomic E-state index is 4.25. The van der Waals surface area contributed by atoms with E-state index in [4.69, 9.17) is 0 Å². The van der Waals surface area contributed by atoms with Crippen LogP contribution in [0.1, 0.15) is 44.8 Å². The summed E-state index contributed by atoms with van der Waals surface area (Å²) in [4.78, 5) is 4.25. The van der Waals surface area contributed by atoms with Crippen LogP contribution in [0.4, 0.5) is 0 Å². The van der Waals surface area contributed by atoms with Crippen molar-refractivity contribution in [1.29, 1.82) is 0 Å². The van der Waals surface area contributed by atoms with Gasteiger partial charge in [0.15, 0.2) is 0 Å². The van der Waals surface area contributed by atoms with Crippen LogP contribution in [0.5, 0.6) is 0 Å².